The molecule has 1 N–H and O–H groups in total. The number of alkyl halides is 3. The molecule has 4 aromatic rings. The summed E-state index contributed by atoms with van der Waals surface area (Å²) in [7, 11) is 0. The van der Waals surface area contributed by atoms with Crippen molar-refractivity contribution >= 4 is 39.8 Å². The molecule has 0 radical (unpaired) electrons. The van der Waals surface area contributed by atoms with Crippen molar-refractivity contribution in [2.75, 3.05) is 31.6 Å². The predicted octanol–water partition coefficient (Wildman–Crippen LogP) is 7.59. The third kappa shape index (κ3) is 6.02. The van der Waals surface area contributed by atoms with Crippen molar-refractivity contribution in [1.82, 2.24) is 9.88 Å². The second-order valence-electron chi connectivity index (χ2n) is 8.96. The van der Waals surface area contributed by atoms with Crippen LogP contribution in [0.25, 0.3) is 10.9 Å². The molecule has 1 aliphatic heterocycles. The summed E-state index contributed by atoms with van der Waals surface area (Å²) in [5.74, 6) is 0. The molecule has 1 saturated heterocycles. The summed E-state index contributed by atoms with van der Waals surface area (Å²) in [6.45, 7) is 3.86. The molecule has 9 heteroatoms. The number of hydrogen-bond acceptors (Lipinski definition) is 4. The van der Waals surface area contributed by atoms with Gasteiger partial charge in [-0.2, -0.15) is 13.2 Å². The minimum Gasteiger partial charge on any atom is -0.379 e. The third-order valence-corrected chi connectivity index (χ3v) is 7.05. The molecule has 2 heterocycles. The van der Waals surface area contributed by atoms with Gasteiger partial charge in [0.05, 0.1) is 30.3 Å². The molecular weight excluding hydrogens is 522 g/mol. The predicted molar refractivity (Wildman–Crippen MR) is 141 cm³/mol. The Morgan fingerprint density at radius 1 is 0.946 bits per heavy atom. The van der Waals surface area contributed by atoms with Gasteiger partial charge in [-0.1, -0.05) is 53.5 Å². The zero-order valence-corrected chi connectivity index (χ0v) is 21.2. The number of pyridine rings is 1. The Morgan fingerprint density at radius 2 is 1.73 bits per heavy atom. The number of halogens is 5. The molecule has 1 unspecified atom stereocenters. The first-order chi connectivity index (χ1) is 17.8. The summed E-state index contributed by atoms with van der Waals surface area (Å²) < 4.78 is 45.2. The summed E-state index contributed by atoms with van der Waals surface area (Å²) in [6, 6.07) is 18.4. The SMILES string of the molecule is FC(F)(F)c1ccc2c(NC(c3cccc(Cl)c3)c3ccc(CN4CCOCC4)c(Cl)c3)ccnc2c1. The minimum atomic E-state index is -4.44. The zero-order chi connectivity index (χ0) is 26.0. The van der Waals surface area contributed by atoms with Gasteiger partial charge >= 0.3 is 6.18 Å². The smallest absolute Gasteiger partial charge is 0.379 e. The van der Waals surface area contributed by atoms with Crippen molar-refractivity contribution in [3.8, 4) is 0 Å². The van der Waals surface area contributed by atoms with Crippen molar-refractivity contribution in [3.05, 3.63) is 105 Å². The summed E-state index contributed by atoms with van der Waals surface area (Å²) in [5.41, 5.74) is 2.97. The molecule has 4 nitrogen and oxygen atoms in total. The Balaban J connectivity index is 1.50. The molecule has 1 aliphatic rings. The van der Waals surface area contributed by atoms with Crippen LogP contribution in [0.4, 0.5) is 18.9 Å². The molecule has 3 aromatic carbocycles. The van der Waals surface area contributed by atoms with Crippen LogP contribution >= 0.6 is 23.2 Å². The molecule has 0 bridgehead atoms. The number of ether oxygens (including phenoxy) is 1. The van der Waals surface area contributed by atoms with Gasteiger partial charge in [0, 0.05) is 46.9 Å². The highest BCUT2D eigenvalue weighted by Crippen LogP contribution is 2.36. The Labute approximate surface area is 223 Å². The highest BCUT2D eigenvalue weighted by molar-refractivity contribution is 6.31. The molecule has 1 aromatic heterocycles. The molecule has 37 heavy (non-hydrogen) atoms. The minimum absolute atomic E-state index is 0.253. The van der Waals surface area contributed by atoms with Crippen LogP contribution in [0.1, 0.15) is 28.3 Å². The van der Waals surface area contributed by atoms with Gasteiger partial charge in [-0.3, -0.25) is 9.88 Å². The topological polar surface area (TPSA) is 37.4 Å². The van der Waals surface area contributed by atoms with Gasteiger partial charge < -0.3 is 10.1 Å². The maximum absolute atomic E-state index is 13.2. The van der Waals surface area contributed by atoms with E-state index in [1.165, 1.54) is 12.3 Å². The van der Waals surface area contributed by atoms with Gasteiger partial charge in [0.25, 0.3) is 0 Å². The van der Waals surface area contributed by atoms with Crippen molar-refractivity contribution in [3.63, 3.8) is 0 Å². The Kier molecular flexibility index (Phi) is 7.58. The number of benzene rings is 3. The van der Waals surface area contributed by atoms with E-state index in [0.717, 1.165) is 48.5 Å². The first-order valence-electron chi connectivity index (χ1n) is 11.8. The molecular formula is C28H24Cl2F3N3O. The van der Waals surface area contributed by atoms with Crippen LogP contribution in [0.3, 0.4) is 0 Å². The second-order valence-corrected chi connectivity index (χ2v) is 9.80. The van der Waals surface area contributed by atoms with Gasteiger partial charge in [-0.25, -0.2) is 0 Å². The number of anilines is 1. The van der Waals surface area contributed by atoms with Crippen molar-refractivity contribution in [2.45, 2.75) is 18.8 Å². The van der Waals surface area contributed by atoms with Gasteiger partial charge in [0.1, 0.15) is 0 Å². The first kappa shape index (κ1) is 25.8. The molecule has 0 aliphatic carbocycles. The molecule has 5 rings (SSSR count). The van der Waals surface area contributed by atoms with Gasteiger partial charge in [0.2, 0.25) is 0 Å². The van der Waals surface area contributed by atoms with E-state index in [-0.39, 0.29) is 11.6 Å². The fraction of sp³-hybridized carbons (Fsp3) is 0.250. The van der Waals surface area contributed by atoms with Crippen molar-refractivity contribution in [2.24, 2.45) is 0 Å². The summed E-state index contributed by atoms with van der Waals surface area (Å²) >= 11 is 13.1. The number of nitrogens with zero attached hydrogens (tertiary/aromatic N) is 2. The van der Waals surface area contributed by atoms with Crippen LogP contribution in [0, 0.1) is 0 Å². The number of hydrogen-bond donors (Lipinski definition) is 1. The van der Waals surface area contributed by atoms with Crippen LogP contribution in [-0.4, -0.2) is 36.2 Å². The largest absolute Gasteiger partial charge is 0.416 e. The first-order valence-corrected chi connectivity index (χ1v) is 12.6. The average molecular weight is 546 g/mol. The molecule has 1 atom stereocenters. The summed E-state index contributed by atoms with van der Waals surface area (Å²) in [4.78, 5) is 6.47. The highest BCUT2D eigenvalue weighted by atomic mass is 35.5. The number of rotatable bonds is 6. The van der Waals surface area contributed by atoms with E-state index in [9.17, 15) is 13.2 Å². The molecule has 0 saturated carbocycles. The number of aromatic nitrogens is 1. The maximum Gasteiger partial charge on any atom is 0.416 e. The van der Waals surface area contributed by atoms with Crippen LogP contribution in [0.5, 0.6) is 0 Å². The van der Waals surface area contributed by atoms with Crippen LogP contribution in [0.2, 0.25) is 10.0 Å². The van der Waals surface area contributed by atoms with Crippen LogP contribution < -0.4 is 5.32 Å². The van der Waals surface area contributed by atoms with Gasteiger partial charge in [-0.05, 0) is 53.1 Å². The van der Waals surface area contributed by atoms with Gasteiger partial charge in [0.15, 0.2) is 0 Å². The quantitative estimate of drug-likeness (QED) is 0.270. The normalized spacial score (nSPS) is 15.6. The molecule has 0 spiro atoms. The van der Waals surface area contributed by atoms with E-state index in [0.29, 0.717) is 34.3 Å². The summed E-state index contributed by atoms with van der Waals surface area (Å²) in [5, 5.41) is 5.31. The second kappa shape index (κ2) is 10.9. The monoisotopic (exact) mass is 545 g/mol. The number of fused-ring (bicyclic) bond motifs is 1. The Hall–Kier alpha value is -2.84. The van der Waals surface area contributed by atoms with E-state index in [1.54, 1.807) is 12.1 Å². The lowest BCUT2D eigenvalue weighted by atomic mass is 9.96. The Morgan fingerprint density at radius 3 is 2.46 bits per heavy atom. The molecule has 192 valence electrons. The van der Waals surface area contributed by atoms with E-state index in [1.807, 2.05) is 36.4 Å². The van der Waals surface area contributed by atoms with E-state index in [2.05, 4.69) is 15.2 Å². The number of nitrogens with one attached hydrogen (secondary N) is 1. The van der Waals surface area contributed by atoms with E-state index >= 15 is 0 Å². The molecule has 1 fully saturated rings. The zero-order valence-electron chi connectivity index (χ0n) is 19.7. The molecule has 0 amide bonds. The Bertz CT molecular complexity index is 1410. The fourth-order valence-electron chi connectivity index (χ4n) is 4.52. The summed E-state index contributed by atoms with van der Waals surface area (Å²) in [6.07, 6.45) is -2.94. The van der Waals surface area contributed by atoms with E-state index in [4.69, 9.17) is 27.9 Å². The van der Waals surface area contributed by atoms with Crippen molar-refractivity contribution in [1.29, 1.82) is 0 Å². The van der Waals surface area contributed by atoms with Gasteiger partial charge in [-0.15, -0.1) is 0 Å². The maximum atomic E-state index is 13.2. The average Bonchev–Trinajstić information content (AvgIpc) is 2.88. The standard InChI is InChI=1S/C28H24Cl2F3N3O/c29-22-3-1-2-18(14-22)27(19-4-5-20(24(30)15-19)17-36-10-12-37-13-11-36)35-25-8-9-34-26-16-21(28(31,32)33)6-7-23(25)26/h1-9,14-16,27H,10-13,17H2,(H,34,35). The highest BCUT2D eigenvalue weighted by Gasteiger charge is 2.30. The van der Waals surface area contributed by atoms with Crippen LogP contribution in [-0.2, 0) is 17.5 Å². The van der Waals surface area contributed by atoms with Crippen LogP contribution in [0.15, 0.2) is 72.9 Å². The lowest BCUT2D eigenvalue weighted by molar-refractivity contribution is -0.137. The third-order valence-electron chi connectivity index (χ3n) is 6.46. The fourth-order valence-corrected chi connectivity index (χ4v) is 4.97. The van der Waals surface area contributed by atoms with E-state index < -0.39 is 11.7 Å². The number of morpholine rings is 1. The lowest BCUT2D eigenvalue weighted by Crippen LogP contribution is -2.35. The lowest BCUT2D eigenvalue weighted by Gasteiger charge is -2.27. The van der Waals surface area contributed by atoms with Crippen molar-refractivity contribution < 1.29 is 17.9 Å².